The van der Waals surface area contributed by atoms with Gasteiger partial charge in [-0.1, -0.05) is 12.2 Å². The van der Waals surface area contributed by atoms with Crippen LogP contribution < -0.4 is 0 Å². The van der Waals surface area contributed by atoms with E-state index in [4.69, 9.17) is 20.5 Å². The van der Waals surface area contributed by atoms with Crippen molar-refractivity contribution in [2.24, 2.45) is 17.8 Å². The molecule has 0 aromatic carbocycles. The molecule has 0 N–H and O–H groups in total. The van der Waals surface area contributed by atoms with Crippen molar-refractivity contribution < 1.29 is 8.85 Å². The quantitative estimate of drug-likeness (QED) is 0.421. The molecule has 1 saturated carbocycles. The normalized spacial score (nSPS) is 35.3. The number of hydrogen-bond donors (Lipinski definition) is 0. The van der Waals surface area contributed by atoms with Crippen LogP contribution in [-0.4, -0.2) is 28.5 Å². The fourth-order valence-corrected chi connectivity index (χ4v) is 5.16. The summed E-state index contributed by atoms with van der Waals surface area (Å²) in [7, 11) is 1.78. The van der Waals surface area contributed by atoms with Crippen molar-refractivity contribution >= 4 is 20.9 Å². The third-order valence-corrected chi connectivity index (χ3v) is 6.29. The van der Waals surface area contributed by atoms with Gasteiger partial charge in [0, 0.05) is 14.2 Å². The van der Waals surface area contributed by atoms with Gasteiger partial charge in [-0.05, 0) is 37.0 Å². The molecule has 86 valence electrons. The van der Waals surface area contributed by atoms with E-state index < -0.39 is 9.28 Å². The molecular formula is C11H19ClO2Si. The fraction of sp³-hybridized carbons (Fsp3) is 0.818. The molecule has 0 aliphatic heterocycles. The van der Waals surface area contributed by atoms with Crippen molar-refractivity contribution in [2.75, 3.05) is 14.2 Å². The molecule has 15 heavy (non-hydrogen) atoms. The van der Waals surface area contributed by atoms with Crippen molar-refractivity contribution in [3.05, 3.63) is 12.2 Å². The number of alkyl halides is 1. The summed E-state index contributed by atoms with van der Waals surface area (Å²) < 4.78 is 10.6. The Kier molecular flexibility index (Phi) is 3.88. The van der Waals surface area contributed by atoms with Crippen LogP contribution in [0.3, 0.4) is 0 Å². The first-order chi connectivity index (χ1) is 7.24. The van der Waals surface area contributed by atoms with Gasteiger partial charge in [-0.3, -0.25) is 0 Å². The van der Waals surface area contributed by atoms with E-state index in [2.05, 4.69) is 12.2 Å². The van der Waals surface area contributed by atoms with E-state index in [1.165, 1.54) is 12.8 Å². The van der Waals surface area contributed by atoms with Crippen LogP contribution in [0.25, 0.3) is 0 Å². The third kappa shape index (κ3) is 2.47. The Bertz CT molecular complexity index is 243. The predicted molar refractivity (Wildman–Crippen MR) is 64.3 cm³/mol. The molecule has 0 heterocycles. The molecule has 2 aliphatic carbocycles. The van der Waals surface area contributed by atoms with Crippen LogP contribution in [0, 0.1) is 17.8 Å². The summed E-state index contributed by atoms with van der Waals surface area (Å²) in [6.07, 6.45) is 8.47. The smallest absolute Gasteiger partial charge is 0.339 e. The van der Waals surface area contributed by atoms with Crippen LogP contribution in [-0.2, 0) is 8.85 Å². The first-order valence-corrected chi connectivity index (χ1v) is 7.67. The molecule has 0 aromatic rings. The van der Waals surface area contributed by atoms with Crippen LogP contribution in [0.2, 0.25) is 0 Å². The lowest BCUT2D eigenvalue weighted by Crippen LogP contribution is -2.33. The summed E-state index contributed by atoms with van der Waals surface area (Å²) >= 11 is 6.35. The highest BCUT2D eigenvalue weighted by Crippen LogP contribution is 2.45. The van der Waals surface area contributed by atoms with E-state index in [-0.39, 0.29) is 5.00 Å². The van der Waals surface area contributed by atoms with Gasteiger partial charge in [0.25, 0.3) is 0 Å². The van der Waals surface area contributed by atoms with Crippen LogP contribution in [0.1, 0.15) is 19.3 Å². The molecule has 0 amide bonds. The predicted octanol–water partition coefficient (Wildman–Crippen LogP) is 2.25. The number of allylic oxidation sites excluding steroid dienone is 2. The molecule has 4 unspecified atom stereocenters. The van der Waals surface area contributed by atoms with E-state index in [1.54, 1.807) is 14.2 Å². The zero-order chi connectivity index (χ0) is 10.8. The number of hydrogen-bond acceptors (Lipinski definition) is 2. The first kappa shape index (κ1) is 11.6. The largest absolute Gasteiger partial charge is 0.399 e. The zero-order valence-corrected chi connectivity index (χ0v) is 11.3. The number of fused-ring (bicyclic) bond motifs is 2. The van der Waals surface area contributed by atoms with Crippen molar-refractivity contribution in [1.82, 2.24) is 0 Å². The third-order valence-electron chi connectivity index (χ3n) is 3.70. The molecule has 2 nitrogen and oxygen atoms in total. The summed E-state index contributed by atoms with van der Waals surface area (Å²) in [6.45, 7) is 0. The molecule has 0 aromatic heterocycles. The van der Waals surface area contributed by atoms with Gasteiger partial charge < -0.3 is 8.85 Å². The van der Waals surface area contributed by atoms with E-state index in [1.807, 2.05) is 0 Å². The van der Waals surface area contributed by atoms with Crippen LogP contribution in [0.15, 0.2) is 12.2 Å². The second-order valence-corrected chi connectivity index (χ2v) is 8.10. The van der Waals surface area contributed by atoms with Crippen molar-refractivity contribution in [3.63, 3.8) is 0 Å². The molecule has 4 atom stereocenters. The topological polar surface area (TPSA) is 18.5 Å². The lowest BCUT2D eigenvalue weighted by Gasteiger charge is -2.23. The van der Waals surface area contributed by atoms with Gasteiger partial charge in [0.15, 0.2) is 0 Å². The Morgan fingerprint density at radius 3 is 2.53 bits per heavy atom. The number of rotatable bonds is 5. The first-order valence-electron chi connectivity index (χ1n) is 5.62. The summed E-state index contributed by atoms with van der Waals surface area (Å²) in [5.74, 6) is 2.37. The monoisotopic (exact) mass is 246 g/mol. The summed E-state index contributed by atoms with van der Waals surface area (Å²) in [5.41, 5.74) is 0. The van der Waals surface area contributed by atoms with Crippen LogP contribution in [0.5, 0.6) is 0 Å². The maximum atomic E-state index is 6.35. The highest BCUT2D eigenvalue weighted by Gasteiger charge is 2.38. The van der Waals surface area contributed by atoms with Crippen molar-refractivity contribution in [3.8, 4) is 0 Å². The van der Waals surface area contributed by atoms with Gasteiger partial charge in [0.05, 0.1) is 5.00 Å². The second-order valence-electron chi connectivity index (χ2n) is 4.63. The van der Waals surface area contributed by atoms with Crippen LogP contribution in [0.4, 0.5) is 0 Å². The van der Waals surface area contributed by atoms with Gasteiger partial charge in [-0.2, -0.15) is 0 Å². The molecule has 4 heteroatoms. The van der Waals surface area contributed by atoms with E-state index in [0.717, 1.165) is 24.2 Å². The minimum Gasteiger partial charge on any atom is -0.399 e. The van der Waals surface area contributed by atoms with E-state index in [9.17, 15) is 0 Å². The molecule has 2 aliphatic rings. The summed E-state index contributed by atoms with van der Waals surface area (Å²) in [4.78, 5) is 0. The standard InChI is InChI=1S/C11H19ClO2Si/c1-13-15(14-2)11(12)7-10-6-8-3-4-9(10)5-8/h3-4,8-11,15H,5-7H2,1-2H3. The number of halogens is 1. The van der Waals surface area contributed by atoms with Gasteiger partial charge in [0.2, 0.25) is 0 Å². The Hall–Kier alpha value is 0.167. The maximum Gasteiger partial charge on any atom is 0.339 e. The van der Waals surface area contributed by atoms with Gasteiger partial charge in [-0.25, -0.2) is 0 Å². The fourth-order valence-electron chi connectivity index (χ4n) is 2.96. The van der Waals surface area contributed by atoms with Crippen molar-refractivity contribution in [1.29, 1.82) is 0 Å². The Morgan fingerprint density at radius 2 is 2.07 bits per heavy atom. The molecule has 1 fully saturated rings. The Balaban J connectivity index is 1.84. The van der Waals surface area contributed by atoms with E-state index >= 15 is 0 Å². The highest BCUT2D eigenvalue weighted by atomic mass is 35.5. The Morgan fingerprint density at radius 1 is 1.33 bits per heavy atom. The van der Waals surface area contributed by atoms with Gasteiger partial charge in [0.1, 0.15) is 0 Å². The SMILES string of the molecule is CO[SiH](OC)C(Cl)CC1CC2C=CC1C2. The van der Waals surface area contributed by atoms with Crippen LogP contribution >= 0.6 is 11.6 Å². The molecule has 0 radical (unpaired) electrons. The maximum absolute atomic E-state index is 6.35. The second kappa shape index (κ2) is 5.00. The molecule has 2 bridgehead atoms. The Labute approximate surface area is 98.4 Å². The lowest BCUT2D eigenvalue weighted by molar-refractivity contribution is 0.267. The highest BCUT2D eigenvalue weighted by molar-refractivity contribution is 6.59. The van der Waals surface area contributed by atoms with E-state index in [0.29, 0.717) is 0 Å². The minimum atomic E-state index is -1.62. The average molecular weight is 247 g/mol. The molecule has 0 spiro atoms. The molecular weight excluding hydrogens is 228 g/mol. The van der Waals surface area contributed by atoms with Crippen molar-refractivity contribution in [2.45, 2.75) is 24.3 Å². The lowest BCUT2D eigenvalue weighted by atomic mass is 9.91. The van der Waals surface area contributed by atoms with Gasteiger partial charge >= 0.3 is 9.28 Å². The summed E-state index contributed by atoms with van der Waals surface area (Å²) in [5, 5.41) is 0.109. The molecule has 2 rings (SSSR count). The summed E-state index contributed by atoms with van der Waals surface area (Å²) in [6, 6.07) is 0. The minimum absolute atomic E-state index is 0.109. The van der Waals surface area contributed by atoms with Gasteiger partial charge in [-0.15, -0.1) is 11.6 Å². The average Bonchev–Trinajstić information content (AvgIpc) is 2.81. The molecule has 0 saturated heterocycles. The zero-order valence-electron chi connectivity index (χ0n) is 9.36.